The topological polar surface area (TPSA) is 73.5 Å². The number of halogens is 1. The molecule has 1 rings (SSSR count). The third-order valence-electron chi connectivity index (χ3n) is 1.96. The van der Waals surface area contributed by atoms with Crippen molar-refractivity contribution in [2.45, 2.75) is 12.2 Å². The van der Waals surface area contributed by atoms with Gasteiger partial charge in [0.15, 0.2) is 17.7 Å². The minimum Gasteiger partial charge on any atom is -0.494 e. The maximum atomic E-state index is 13.5. The molecule has 0 aliphatic rings. The number of ether oxygens (including phenoxy) is 1. The Kier molecular flexibility index (Phi) is 3.61. The molecule has 80 valence electrons. The van der Waals surface area contributed by atoms with Crippen LogP contribution in [0.15, 0.2) is 18.2 Å². The first-order valence-electron chi connectivity index (χ1n) is 4.20. The molecular weight excluding hydrogens is 201 g/mol. The molecule has 1 aromatic rings. The molecule has 0 aliphatic heterocycles. The van der Waals surface area contributed by atoms with Crippen LogP contribution in [0.4, 0.5) is 4.39 Å². The van der Waals surface area contributed by atoms with Crippen molar-refractivity contribution in [3.05, 3.63) is 29.6 Å². The zero-order valence-corrected chi connectivity index (χ0v) is 8.01. The Balaban J connectivity index is 3.10. The van der Waals surface area contributed by atoms with Gasteiger partial charge in [-0.2, -0.15) is 5.26 Å². The lowest BCUT2D eigenvalue weighted by molar-refractivity contribution is 0.0500. The maximum Gasteiger partial charge on any atom is 0.170 e. The van der Waals surface area contributed by atoms with Crippen LogP contribution in [0.2, 0.25) is 0 Å². The number of nitriles is 1. The summed E-state index contributed by atoms with van der Waals surface area (Å²) in [5.74, 6) is -0.821. The van der Waals surface area contributed by atoms with Crippen molar-refractivity contribution in [1.82, 2.24) is 0 Å². The minimum absolute atomic E-state index is 0.0447. The molecule has 0 fully saturated rings. The summed E-state index contributed by atoms with van der Waals surface area (Å²) in [6.45, 7) is 0. The van der Waals surface area contributed by atoms with Crippen LogP contribution in [0.1, 0.15) is 11.7 Å². The molecule has 0 bridgehead atoms. The van der Waals surface area contributed by atoms with E-state index < -0.39 is 18.0 Å². The first kappa shape index (κ1) is 11.4. The second-order valence-electron chi connectivity index (χ2n) is 2.88. The Morgan fingerprint density at radius 3 is 2.67 bits per heavy atom. The predicted molar refractivity (Wildman–Crippen MR) is 49.5 cm³/mol. The smallest absolute Gasteiger partial charge is 0.170 e. The highest BCUT2D eigenvalue weighted by molar-refractivity contribution is 5.33. The van der Waals surface area contributed by atoms with Gasteiger partial charge in [0, 0.05) is 5.56 Å². The lowest BCUT2D eigenvalue weighted by atomic mass is 10.0. The number of methoxy groups -OCH3 is 1. The van der Waals surface area contributed by atoms with Crippen molar-refractivity contribution >= 4 is 0 Å². The first-order valence-corrected chi connectivity index (χ1v) is 4.20. The van der Waals surface area contributed by atoms with Gasteiger partial charge in [0.1, 0.15) is 6.10 Å². The number of hydrogen-bond acceptors (Lipinski definition) is 4. The van der Waals surface area contributed by atoms with E-state index in [0.29, 0.717) is 0 Å². The SMILES string of the molecule is COc1cccc(C(O)C(O)C#N)c1F. The molecular formula is C10H10FNO3. The molecule has 0 saturated heterocycles. The Hall–Kier alpha value is -1.64. The van der Waals surface area contributed by atoms with Crippen LogP contribution in [0, 0.1) is 17.1 Å². The van der Waals surface area contributed by atoms with Gasteiger partial charge in [-0.1, -0.05) is 12.1 Å². The average Bonchev–Trinajstić information content (AvgIpc) is 2.27. The fourth-order valence-electron chi connectivity index (χ4n) is 1.15. The Bertz CT molecular complexity index is 389. The van der Waals surface area contributed by atoms with E-state index in [4.69, 9.17) is 15.1 Å². The highest BCUT2D eigenvalue weighted by atomic mass is 19.1. The first-order chi connectivity index (χ1) is 7.11. The van der Waals surface area contributed by atoms with Crippen LogP contribution in [-0.4, -0.2) is 23.4 Å². The second kappa shape index (κ2) is 4.73. The fraction of sp³-hybridized carbons (Fsp3) is 0.300. The van der Waals surface area contributed by atoms with Gasteiger partial charge in [0.05, 0.1) is 13.2 Å². The van der Waals surface area contributed by atoms with E-state index in [0.717, 1.165) is 0 Å². The lowest BCUT2D eigenvalue weighted by Crippen LogP contribution is -2.17. The van der Waals surface area contributed by atoms with Crippen LogP contribution in [0.5, 0.6) is 5.75 Å². The molecule has 1 aromatic carbocycles. The third kappa shape index (κ3) is 2.24. The molecule has 0 amide bonds. The minimum atomic E-state index is -1.66. The maximum absolute atomic E-state index is 13.5. The normalized spacial score (nSPS) is 14.1. The summed E-state index contributed by atoms with van der Waals surface area (Å²) >= 11 is 0. The quantitative estimate of drug-likeness (QED) is 0.723. The monoisotopic (exact) mass is 211 g/mol. The molecule has 2 N–H and O–H groups in total. The van der Waals surface area contributed by atoms with Crippen molar-refractivity contribution in [3.63, 3.8) is 0 Å². The molecule has 15 heavy (non-hydrogen) atoms. The highest BCUT2D eigenvalue weighted by Gasteiger charge is 2.22. The van der Waals surface area contributed by atoms with E-state index in [1.54, 1.807) is 0 Å². The number of nitrogens with zero attached hydrogens (tertiary/aromatic N) is 1. The van der Waals surface area contributed by atoms with Gasteiger partial charge < -0.3 is 14.9 Å². The Morgan fingerprint density at radius 2 is 2.13 bits per heavy atom. The van der Waals surface area contributed by atoms with Crippen molar-refractivity contribution in [2.24, 2.45) is 0 Å². The van der Waals surface area contributed by atoms with Gasteiger partial charge in [-0.25, -0.2) is 4.39 Å². The van der Waals surface area contributed by atoms with Crippen molar-refractivity contribution in [1.29, 1.82) is 5.26 Å². The Morgan fingerprint density at radius 1 is 1.47 bits per heavy atom. The molecule has 0 saturated carbocycles. The van der Waals surface area contributed by atoms with Crippen molar-refractivity contribution < 1.29 is 19.3 Å². The van der Waals surface area contributed by atoms with Gasteiger partial charge in [0.25, 0.3) is 0 Å². The second-order valence-corrected chi connectivity index (χ2v) is 2.88. The molecule has 4 nitrogen and oxygen atoms in total. The van der Waals surface area contributed by atoms with E-state index in [1.807, 2.05) is 0 Å². The van der Waals surface area contributed by atoms with Crippen LogP contribution in [0.25, 0.3) is 0 Å². The van der Waals surface area contributed by atoms with Crippen LogP contribution in [-0.2, 0) is 0 Å². The molecule has 5 heteroatoms. The summed E-state index contributed by atoms with van der Waals surface area (Å²) in [5, 5.41) is 26.8. The number of aliphatic hydroxyl groups excluding tert-OH is 2. The van der Waals surface area contributed by atoms with Gasteiger partial charge in [0.2, 0.25) is 0 Å². The van der Waals surface area contributed by atoms with Crippen molar-refractivity contribution in [3.8, 4) is 11.8 Å². The summed E-state index contributed by atoms with van der Waals surface area (Å²) in [6.07, 6.45) is -3.24. The van der Waals surface area contributed by atoms with E-state index in [1.165, 1.54) is 31.4 Å². The number of rotatable bonds is 3. The zero-order valence-electron chi connectivity index (χ0n) is 8.01. The summed E-state index contributed by atoms with van der Waals surface area (Å²) in [7, 11) is 1.29. The Labute approximate surface area is 86.2 Å². The molecule has 0 heterocycles. The lowest BCUT2D eigenvalue weighted by Gasteiger charge is -2.14. The zero-order chi connectivity index (χ0) is 11.4. The number of hydrogen-bond donors (Lipinski definition) is 2. The molecule has 0 spiro atoms. The molecule has 0 aliphatic carbocycles. The van der Waals surface area contributed by atoms with Crippen molar-refractivity contribution in [2.75, 3.05) is 7.11 Å². The molecule has 0 aromatic heterocycles. The summed E-state index contributed by atoms with van der Waals surface area (Å²) < 4.78 is 18.2. The largest absolute Gasteiger partial charge is 0.494 e. The van der Waals surface area contributed by atoms with Gasteiger partial charge >= 0.3 is 0 Å². The van der Waals surface area contributed by atoms with E-state index >= 15 is 0 Å². The van der Waals surface area contributed by atoms with E-state index in [2.05, 4.69) is 0 Å². The molecule has 0 radical (unpaired) electrons. The summed E-state index contributed by atoms with van der Waals surface area (Å²) in [4.78, 5) is 0. The van der Waals surface area contributed by atoms with Crippen LogP contribution >= 0.6 is 0 Å². The molecule has 2 atom stereocenters. The third-order valence-corrected chi connectivity index (χ3v) is 1.96. The predicted octanol–water partition coefficient (Wildman–Crippen LogP) is 0.752. The van der Waals surface area contributed by atoms with Gasteiger partial charge in [-0.05, 0) is 6.07 Å². The fourth-order valence-corrected chi connectivity index (χ4v) is 1.15. The van der Waals surface area contributed by atoms with Gasteiger partial charge in [-0.15, -0.1) is 0 Å². The average molecular weight is 211 g/mol. The molecule has 2 unspecified atom stereocenters. The number of aliphatic hydroxyl groups is 2. The van der Waals surface area contributed by atoms with E-state index in [-0.39, 0.29) is 11.3 Å². The standard InChI is InChI=1S/C10H10FNO3/c1-15-8-4-2-3-6(9(8)11)10(14)7(13)5-12/h2-4,7,10,13-14H,1H3. The van der Waals surface area contributed by atoms with E-state index in [9.17, 15) is 9.50 Å². The number of benzene rings is 1. The van der Waals surface area contributed by atoms with Gasteiger partial charge in [-0.3, -0.25) is 0 Å². The van der Waals surface area contributed by atoms with Crippen LogP contribution in [0.3, 0.4) is 0 Å². The highest BCUT2D eigenvalue weighted by Crippen LogP contribution is 2.26. The summed E-state index contributed by atoms with van der Waals surface area (Å²) in [6, 6.07) is 5.55. The van der Waals surface area contributed by atoms with Crippen LogP contribution < -0.4 is 4.74 Å². The summed E-state index contributed by atoms with van der Waals surface area (Å²) in [5.41, 5.74) is -0.164.